The van der Waals surface area contributed by atoms with E-state index in [4.69, 9.17) is 4.42 Å². The second-order valence-corrected chi connectivity index (χ2v) is 7.42. The van der Waals surface area contributed by atoms with Crippen molar-refractivity contribution in [3.05, 3.63) is 72.4 Å². The van der Waals surface area contributed by atoms with Gasteiger partial charge in [0.2, 0.25) is 5.89 Å². The molecule has 0 aliphatic heterocycles. The Balaban J connectivity index is 1.74. The molecule has 1 N–H and O–H groups in total. The maximum Gasteiger partial charge on any atom is 0.261 e. The zero-order valence-electron chi connectivity index (χ0n) is 13.9. The number of oxazole rings is 1. The molecule has 2 aromatic heterocycles. The van der Waals surface area contributed by atoms with Crippen molar-refractivity contribution in [2.75, 3.05) is 4.72 Å². The highest BCUT2D eigenvalue weighted by molar-refractivity contribution is 7.92. The monoisotopic (exact) mass is 365 g/mol. The molecule has 4 aromatic rings. The number of rotatable bonds is 4. The van der Waals surface area contributed by atoms with Gasteiger partial charge in [-0.1, -0.05) is 24.3 Å². The lowest BCUT2D eigenvalue weighted by Gasteiger charge is -2.12. The van der Waals surface area contributed by atoms with Gasteiger partial charge in [0.1, 0.15) is 0 Å². The van der Waals surface area contributed by atoms with E-state index in [2.05, 4.69) is 14.7 Å². The van der Waals surface area contributed by atoms with Gasteiger partial charge in [-0.15, -0.1) is 0 Å². The molecule has 0 bridgehead atoms. The molecule has 0 radical (unpaired) electrons. The Hall–Kier alpha value is -3.19. The van der Waals surface area contributed by atoms with Gasteiger partial charge in [0, 0.05) is 11.8 Å². The third kappa shape index (κ3) is 2.93. The first-order chi connectivity index (χ1) is 12.5. The Labute approximate surface area is 150 Å². The van der Waals surface area contributed by atoms with E-state index in [9.17, 15) is 8.42 Å². The maximum atomic E-state index is 12.6. The van der Waals surface area contributed by atoms with E-state index < -0.39 is 10.0 Å². The second kappa shape index (κ2) is 6.27. The minimum Gasteiger partial charge on any atom is -0.434 e. The van der Waals surface area contributed by atoms with E-state index in [1.54, 1.807) is 60.8 Å². The van der Waals surface area contributed by atoms with Crippen molar-refractivity contribution in [1.82, 2.24) is 9.97 Å². The fraction of sp³-hybridized carbons (Fsp3) is 0.0526. The highest BCUT2D eigenvalue weighted by Crippen LogP contribution is 2.31. The molecule has 0 amide bonds. The smallest absolute Gasteiger partial charge is 0.261 e. The molecule has 0 fully saturated rings. The third-order valence-corrected chi connectivity index (χ3v) is 5.41. The van der Waals surface area contributed by atoms with Gasteiger partial charge in [0.05, 0.1) is 10.6 Å². The summed E-state index contributed by atoms with van der Waals surface area (Å²) in [5, 5.41) is 0. The van der Waals surface area contributed by atoms with Gasteiger partial charge < -0.3 is 4.42 Å². The molecule has 0 aliphatic rings. The van der Waals surface area contributed by atoms with Crippen LogP contribution in [0.1, 0.15) is 5.56 Å². The van der Waals surface area contributed by atoms with Crippen molar-refractivity contribution in [2.45, 2.75) is 11.8 Å². The summed E-state index contributed by atoms with van der Waals surface area (Å²) in [4.78, 5) is 8.75. The molecule has 6 nitrogen and oxygen atoms in total. The van der Waals surface area contributed by atoms with Gasteiger partial charge in [0.25, 0.3) is 10.0 Å². The van der Waals surface area contributed by atoms with Crippen LogP contribution in [0.4, 0.5) is 5.69 Å². The first-order valence-electron chi connectivity index (χ1n) is 7.94. The van der Waals surface area contributed by atoms with Crippen LogP contribution in [0.15, 0.2) is 76.2 Å². The molecule has 0 unspecified atom stereocenters. The first-order valence-corrected chi connectivity index (χ1v) is 9.42. The lowest BCUT2D eigenvalue weighted by Crippen LogP contribution is -2.13. The number of sulfonamides is 1. The zero-order chi connectivity index (χ0) is 18.1. The van der Waals surface area contributed by atoms with Gasteiger partial charge in [-0.25, -0.2) is 13.4 Å². The van der Waals surface area contributed by atoms with E-state index in [1.165, 1.54) is 0 Å². The molecule has 0 saturated carbocycles. The standard InChI is InChI=1S/C19H15N3O3S/c1-13-15(19-21-18-17(25-19)11-6-12-20-18)9-5-10-16(13)22-26(23,24)14-7-3-2-4-8-14/h2-12,22H,1H3. The zero-order valence-corrected chi connectivity index (χ0v) is 14.7. The average Bonchev–Trinajstić information content (AvgIpc) is 3.08. The van der Waals surface area contributed by atoms with E-state index in [0.29, 0.717) is 28.4 Å². The topological polar surface area (TPSA) is 85.1 Å². The molecule has 4 rings (SSSR count). The van der Waals surface area contributed by atoms with Crippen molar-refractivity contribution >= 4 is 26.9 Å². The summed E-state index contributed by atoms with van der Waals surface area (Å²) >= 11 is 0. The molecule has 26 heavy (non-hydrogen) atoms. The SMILES string of the molecule is Cc1c(NS(=O)(=O)c2ccccc2)cccc1-c1nc2ncccc2o1. The van der Waals surface area contributed by atoms with E-state index in [-0.39, 0.29) is 4.90 Å². The van der Waals surface area contributed by atoms with Crippen LogP contribution in [0, 0.1) is 6.92 Å². The van der Waals surface area contributed by atoms with Gasteiger partial charge in [-0.3, -0.25) is 4.72 Å². The number of pyridine rings is 1. The molecule has 0 aliphatic carbocycles. The van der Waals surface area contributed by atoms with Crippen LogP contribution in [0.5, 0.6) is 0 Å². The van der Waals surface area contributed by atoms with Gasteiger partial charge in [0.15, 0.2) is 11.2 Å². The second-order valence-electron chi connectivity index (χ2n) is 5.74. The number of anilines is 1. The van der Waals surface area contributed by atoms with Crippen LogP contribution in [-0.2, 0) is 10.0 Å². The summed E-state index contributed by atoms with van der Waals surface area (Å²) in [6.45, 7) is 1.82. The summed E-state index contributed by atoms with van der Waals surface area (Å²) in [7, 11) is -3.67. The van der Waals surface area contributed by atoms with Crippen LogP contribution in [-0.4, -0.2) is 18.4 Å². The summed E-state index contributed by atoms with van der Waals surface area (Å²) in [6, 6.07) is 17.1. The van der Waals surface area contributed by atoms with Crippen molar-refractivity contribution < 1.29 is 12.8 Å². The fourth-order valence-corrected chi connectivity index (χ4v) is 3.81. The Morgan fingerprint density at radius 2 is 1.77 bits per heavy atom. The van der Waals surface area contributed by atoms with Crippen molar-refractivity contribution in [1.29, 1.82) is 0 Å². The lowest BCUT2D eigenvalue weighted by atomic mass is 10.1. The number of hydrogen-bond acceptors (Lipinski definition) is 5. The largest absolute Gasteiger partial charge is 0.434 e. The lowest BCUT2D eigenvalue weighted by molar-refractivity contribution is 0.601. The van der Waals surface area contributed by atoms with Crippen LogP contribution in [0.3, 0.4) is 0 Å². The maximum absolute atomic E-state index is 12.6. The Morgan fingerprint density at radius 1 is 0.962 bits per heavy atom. The van der Waals surface area contributed by atoms with Crippen LogP contribution >= 0.6 is 0 Å². The highest BCUT2D eigenvalue weighted by atomic mass is 32.2. The minimum atomic E-state index is -3.67. The molecule has 0 atom stereocenters. The average molecular weight is 365 g/mol. The molecular formula is C19H15N3O3S. The summed E-state index contributed by atoms with van der Waals surface area (Å²) in [5.41, 5.74) is 2.99. The predicted octanol–water partition coefficient (Wildman–Crippen LogP) is 4.00. The first kappa shape index (κ1) is 16.3. The van der Waals surface area contributed by atoms with E-state index in [1.807, 2.05) is 13.0 Å². The van der Waals surface area contributed by atoms with Crippen LogP contribution in [0.25, 0.3) is 22.7 Å². The summed E-state index contributed by atoms with van der Waals surface area (Å²) in [6.07, 6.45) is 1.64. The molecule has 2 aromatic carbocycles. The number of nitrogens with one attached hydrogen (secondary N) is 1. The fourth-order valence-electron chi connectivity index (χ4n) is 2.67. The Kier molecular flexibility index (Phi) is 3.93. The van der Waals surface area contributed by atoms with Gasteiger partial charge in [-0.05, 0) is 48.9 Å². The van der Waals surface area contributed by atoms with E-state index >= 15 is 0 Å². The summed E-state index contributed by atoms with van der Waals surface area (Å²) < 4.78 is 33.6. The quantitative estimate of drug-likeness (QED) is 0.591. The molecular weight excluding hydrogens is 350 g/mol. The highest BCUT2D eigenvalue weighted by Gasteiger charge is 2.18. The number of aromatic nitrogens is 2. The Bertz CT molecular complexity index is 1150. The normalized spacial score (nSPS) is 11.6. The van der Waals surface area contributed by atoms with E-state index in [0.717, 1.165) is 5.56 Å². The molecule has 0 saturated heterocycles. The molecule has 0 spiro atoms. The Morgan fingerprint density at radius 3 is 2.54 bits per heavy atom. The number of hydrogen-bond donors (Lipinski definition) is 1. The van der Waals surface area contributed by atoms with Gasteiger partial charge >= 0.3 is 0 Å². The molecule has 2 heterocycles. The van der Waals surface area contributed by atoms with Crippen molar-refractivity contribution in [3.63, 3.8) is 0 Å². The van der Waals surface area contributed by atoms with Gasteiger partial charge in [-0.2, -0.15) is 4.98 Å². The molecule has 130 valence electrons. The number of benzene rings is 2. The summed E-state index contributed by atoms with van der Waals surface area (Å²) in [5.74, 6) is 0.400. The predicted molar refractivity (Wildman–Crippen MR) is 99.2 cm³/mol. The molecule has 7 heteroatoms. The third-order valence-electron chi connectivity index (χ3n) is 4.03. The van der Waals surface area contributed by atoms with Crippen molar-refractivity contribution in [3.8, 4) is 11.5 Å². The van der Waals surface area contributed by atoms with Crippen LogP contribution in [0.2, 0.25) is 0 Å². The number of nitrogens with zero attached hydrogens (tertiary/aromatic N) is 2. The van der Waals surface area contributed by atoms with Crippen molar-refractivity contribution in [2.24, 2.45) is 0 Å². The number of fused-ring (bicyclic) bond motifs is 1. The minimum absolute atomic E-state index is 0.205. The van der Waals surface area contributed by atoms with Crippen LogP contribution < -0.4 is 4.72 Å².